The number of carbonyl (C=O) groups excluding carboxylic acids is 5. The Morgan fingerprint density at radius 3 is 1.25 bits per heavy atom. The number of hydrogen-bond acceptors (Lipinski definition) is 14. The highest BCUT2D eigenvalue weighted by Crippen LogP contribution is 2.25. The predicted molar refractivity (Wildman–Crippen MR) is 239 cm³/mol. The van der Waals surface area contributed by atoms with Crippen LogP contribution < -0.4 is 0 Å². The van der Waals surface area contributed by atoms with E-state index in [9.17, 15) is 29.1 Å². The zero-order valence-electron chi connectivity index (χ0n) is 36.2. The molecule has 65 heavy (non-hydrogen) atoms. The summed E-state index contributed by atoms with van der Waals surface area (Å²) in [6.45, 7) is -1.82. The Kier molecular flexibility index (Phi) is 18.8. The predicted octanol–water partition coefficient (Wildman–Crippen LogP) is 5.11. The van der Waals surface area contributed by atoms with Crippen LogP contribution in [0.3, 0.4) is 0 Å². The third kappa shape index (κ3) is 16.1. The molecule has 1 saturated heterocycles. The van der Waals surface area contributed by atoms with Crippen molar-refractivity contribution < 1.29 is 52.8 Å². The van der Waals surface area contributed by atoms with Gasteiger partial charge in [-0.1, -0.05) is 152 Å². The Morgan fingerprint density at radius 2 is 0.862 bits per heavy atom. The topological polar surface area (TPSA) is 161 Å². The molecule has 0 bridgehead atoms. The zero-order valence-corrected chi connectivity index (χ0v) is 36.2. The van der Waals surface area contributed by atoms with Crippen LogP contribution in [0.15, 0.2) is 152 Å². The van der Waals surface area contributed by atoms with E-state index < -0.39 is 67.7 Å². The Hall–Kier alpha value is -6.71. The van der Waals surface area contributed by atoms with Crippen molar-refractivity contribution in [3.63, 3.8) is 0 Å². The molecule has 1 aliphatic rings. The maximum absolute atomic E-state index is 13.9. The second-order valence-corrected chi connectivity index (χ2v) is 15.7. The van der Waals surface area contributed by atoms with Gasteiger partial charge in [0.15, 0.2) is 0 Å². The molecule has 0 radical (unpaired) electrons. The standard InChI is InChI=1S/C51H55N3O11/c55-33-45(53(30-48(57)62-35-40-18-8-2-9-19-40)31-49(58)63-36-41-20-10-3-11-21-41)28-52(29-47(56)61-34-39-16-6-1-7-17-39)44-26-46(51(60)65-38-43-24-14-5-15-25-43)54(27-44)32-50(59)64-37-42-22-12-4-13-23-42/h1-25,44-46,55H,26-38H2/t44-,45+,46-/m0/s1. The molecule has 1 fully saturated rings. The van der Waals surface area contributed by atoms with E-state index in [1.165, 1.54) is 4.90 Å². The lowest BCUT2D eigenvalue weighted by atomic mass is 10.1. The summed E-state index contributed by atoms with van der Waals surface area (Å²) in [5, 5.41) is 11.0. The molecular formula is C51H55N3O11. The summed E-state index contributed by atoms with van der Waals surface area (Å²) >= 11 is 0. The molecule has 6 rings (SSSR count). The molecule has 14 nitrogen and oxygen atoms in total. The summed E-state index contributed by atoms with van der Waals surface area (Å²) in [5.41, 5.74) is 3.88. The average Bonchev–Trinajstić information content (AvgIpc) is 3.76. The lowest BCUT2D eigenvalue weighted by Crippen LogP contribution is -2.53. The third-order valence-electron chi connectivity index (χ3n) is 10.9. The maximum atomic E-state index is 13.9. The molecule has 0 spiro atoms. The number of ether oxygens (including phenoxy) is 5. The van der Waals surface area contributed by atoms with Crippen LogP contribution in [-0.4, -0.2) is 114 Å². The third-order valence-corrected chi connectivity index (χ3v) is 10.9. The number of nitrogens with zero attached hydrogens (tertiary/aromatic N) is 3. The summed E-state index contributed by atoms with van der Waals surface area (Å²) < 4.78 is 28.3. The molecule has 1 heterocycles. The highest BCUT2D eigenvalue weighted by Gasteiger charge is 2.43. The van der Waals surface area contributed by atoms with E-state index in [-0.39, 0.29) is 65.6 Å². The minimum atomic E-state index is -0.932. The first-order chi connectivity index (χ1) is 31.7. The summed E-state index contributed by atoms with van der Waals surface area (Å²) in [5.74, 6) is -3.03. The van der Waals surface area contributed by atoms with Crippen molar-refractivity contribution in [2.24, 2.45) is 0 Å². The van der Waals surface area contributed by atoms with Gasteiger partial charge in [0.05, 0.1) is 32.8 Å². The van der Waals surface area contributed by atoms with Crippen LogP contribution in [0.2, 0.25) is 0 Å². The molecule has 0 amide bonds. The lowest BCUT2D eigenvalue weighted by Gasteiger charge is -2.35. The van der Waals surface area contributed by atoms with Gasteiger partial charge in [-0.3, -0.25) is 38.7 Å². The smallest absolute Gasteiger partial charge is 0.323 e. The van der Waals surface area contributed by atoms with E-state index in [1.807, 2.05) is 152 Å². The second kappa shape index (κ2) is 25.5. The number of carbonyl (C=O) groups is 5. The van der Waals surface area contributed by atoms with Gasteiger partial charge in [-0.15, -0.1) is 0 Å². The Balaban J connectivity index is 1.23. The highest BCUT2D eigenvalue weighted by molar-refractivity contribution is 5.79. The molecule has 1 N–H and O–H groups in total. The Labute approximate surface area is 379 Å². The van der Waals surface area contributed by atoms with Crippen molar-refractivity contribution >= 4 is 29.8 Å². The van der Waals surface area contributed by atoms with Crippen LogP contribution in [0.4, 0.5) is 0 Å². The van der Waals surface area contributed by atoms with Gasteiger partial charge in [0, 0.05) is 25.2 Å². The van der Waals surface area contributed by atoms with Gasteiger partial charge < -0.3 is 28.8 Å². The van der Waals surface area contributed by atoms with Crippen molar-refractivity contribution in [2.45, 2.75) is 57.6 Å². The van der Waals surface area contributed by atoms with Gasteiger partial charge in [-0.2, -0.15) is 0 Å². The van der Waals surface area contributed by atoms with Gasteiger partial charge in [-0.05, 0) is 34.2 Å². The van der Waals surface area contributed by atoms with Crippen LogP contribution in [0.5, 0.6) is 0 Å². The quantitative estimate of drug-likeness (QED) is 0.0643. The maximum Gasteiger partial charge on any atom is 0.323 e. The number of aliphatic hydroxyl groups excluding tert-OH is 1. The largest absolute Gasteiger partial charge is 0.460 e. The monoisotopic (exact) mass is 885 g/mol. The summed E-state index contributed by atoms with van der Waals surface area (Å²) in [7, 11) is 0. The fourth-order valence-electron chi connectivity index (χ4n) is 7.40. The minimum absolute atomic E-state index is 0.00204. The van der Waals surface area contributed by atoms with Crippen molar-refractivity contribution in [1.29, 1.82) is 0 Å². The molecule has 14 heteroatoms. The van der Waals surface area contributed by atoms with Gasteiger partial charge in [0.1, 0.15) is 39.1 Å². The first-order valence-corrected chi connectivity index (χ1v) is 21.5. The van der Waals surface area contributed by atoms with E-state index in [0.29, 0.717) is 0 Å². The molecule has 340 valence electrons. The van der Waals surface area contributed by atoms with Crippen LogP contribution in [-0.2, 0) is 80.7 Å². The zero-order chi connectivity index (χ0) is 45.6. The van der Waals surface area contributed by atoms with Crippen molar-refractivity contribution in [3.05, 3.63) is 179 Å². The van der Waals surface area contributed by atoms with Crippen LogP contribution in [0, 0.1) is 0 Å². The molecule has 5 aromatic carbocycles. The normalized spacial score (nSPS) is 15.2. The molecule has 0 unspecified atom stereocenters. The molecule has 5 aromatic rings. The number of esters is 5. The average molecular weight is 886 g/mol. The Morgan fingerprint density at radius 1 is 0.508 bits per heavy atom. The number of aliphatic hydroxyl groups is 1. The summed E-state index contributed by atoms with van der Waals surface area (Å²) in [4.78, 5) is 72.7. The van der Waals surface area contributed by atoms with Gasteiger partial charge in [-0.25, -0.2) is 0 Å². The van der Waals surface area contributed by atoms with Gasteiger partial charge in [0.25, 0.3) is 0 Å². The molecular weight excluding hydrogens is 831 g/mol. The first kappa shape index (κ1) is 47.8. The lowest BCUT2D eigenvalue weighted by molar-refractivity contribution is -0.154. The minimum Gasteiger partial charge on any atom is -0.460 e. The van der Waals surface area contributed by atoms with E-state index >= 15 is 0 Å². The van der Waals surface area contributed by atoms with Crippen LogP contribution in [0.1, 0.15) is 34.2 Å². The van der Waals surface area contributed by atoms with Crippen molar-refractivity contribution in [3.8, 4) is 0 Å². The molecule has 3 atom stereocenters. The number of hydrogen-bond donors (Lipinski definition) is 1. The van der Waals surface area contributed by atoms with Gasteiger partial charge >= 0.3 is 29.8 Å². The molecule has 0 aromatic heterocycles. The van der Waals surface area contributed by atoms with Crippen LogP contribution in [0.25, 0.3) is 0 Å². The van der Waals surface area contributed by atoms with Gasteiger partial charge in [0.2, 0.25) is 0 Å². The SMILES string of the molecule is O=C(CN(CC(=O)OCc1ccccc1)[C@@H](CO)CN(CC(=O)OCc1ccccc1)[C@H]1C[C@@H](C(=O)OCc2ccccc2)N(CC(=O)OCc2ccccc2)C1)OCc1ccccc1. The number of benzene rings is 5. The molecule has 0 aliphatic carbocycles. The second-order valence-electron chi connectivity index (χ2n) is 15.7. The Bertz CT molecular complexity index is 2180. The fraction of sp³-hybridized carbons (Fsp3) is 0.314. The molecule has 1 aliphatic heterocycles. The highest BCUT2D eigenvalue weighted by atomic mass is 16.6. The van der Waals surface area contributed by atoms with Crippen molar-refractivity contribution in [2.75, 3.05) is 45.9 Å². The summed E-state index contributed by atoms with van der Waals surface area (Å²) in [6, 6.07) is 43.4. The molecule has 0 saturated carbocycles. The van der Waals surface area contributed by atoms with E-state index in [4.69, 9.17) is 23.7 Å². The summed E-state index contributed by atoms with van der Waals surface area (Å²) in [6.07, 6.45) is 0.127. The van der Waals surface area contributed by atoms with E-state index in [2.05, 4.69) is 0 Å². The first-order valence-electron chi connectivity index (χ1n) is 21.5. The van der Waals surface area contributed by atoms with E-state index in [1.54, 1.807) is 9.80 Å². The fourth-order valence-corrected chi connectivity index (χ4v) is 7.40. The van der Waals surface area contributed by atoms with E-state index in [0.717, 1.165) is 27.8 Å². The number of rotatable bonds is 24. The van der Waals surface area contributed by atoms with Crippen LogP contribution >= 0.6 is 0 Å². The number of likely N-dealkylation sites (tertiary alicyclic amines) is 1. The van der Waals surface area contributed by atoms with Crippen molar-refractivity contribution in [1.82, 2.24) is 14.7 Å².